The van der Waals surface area contributed by atoms with Gasteiger partial charge < -0.3 is 9.88 Å². The minimum atomic E-state index is -0.284. The second-order valence-electron chi connectivity index (χ2n) is 7.36. The molecule has 3 aromatic rings. The number of benzene rings is 2. The zero-order valence-electron chi connectivity index (χ0n) is 16.4. The van der Waals surface area contributed by atoms with Gasteiger partial charge in [-0.2, -0.15) is 0 Å². The van der Waals surface area contributed by atoms with Gasteiger partial charge in [0.05, 0.1) is 28.7 Å². The van der Waals surface area contributed by atoms with E-state index in [2.05, 4.69) is 9.97 Å². The summed E-state index contributed by atoms with van der Waals surface area (Å²) in [7, 11) is 1.72. The van der Waals surface area contributed by atoms with Crippen LogP contribution in [-0.2, 0) is 11.3 Å². The number of fused-ring (bicyclic) bond motifs is 2. The van der Waals surface area contributed by atoms with Crippen LogP contribution in [0.4, 0.5) is 0 Å². The first kappa shape index (κ1) is 18.9. The third-order valence-electron chi connectivity index (χ3n) is 5.15. The molecule has 0 spiro atoms. The summed E-state index contributed by atoms with van der Waals surface area (Å²) in [6.45, 7) is 2.49. The summed E-state index contributed by atoms with van der Waals surface area (Å²) in [5.41, 5.74) is 3.62. The predicted molar refractivity (Wildman–Crippen MR) is 108 cm³/mol. The van der Waals surface area contributed by atoms with Crippen LogP contribution in [0.2, 0.25) is 0 Å². The van der Waals surface area contributed by atoms with Crippen LogP contribution in [0.1, 0.15) is 44.9 Å². The van der Waals surface area contributed by atoms with Gasteiger partial charge in [0.2, 0.25) is 5.91 Å². The van der Waals surface area contributed by atoms with Crippen LogP contribution in [0.5, 0.6) is 0 Å². The first-order valence-electron chi connectivity index (χ1n) is 9.58. The van der Waals surface area contributed by atoms with Gasteiger partial charge in [0.15, 0.2) is 0 Å². The Balaban J connectivity index is 1.32. The van der Waals surface area contributed by atoms with Crippen molar-refractivity contribution in [1.29, 1.82) is 0 Å². The Morgan fingerprint density at radius 3 is 2.66 bits per heavy atom. The molecule has 0 fully saturated rings. The summed E-state index contributed by atoms with van der Waals surface area (Å²) < 4.78 is 0. The monoisotopic (exact) mass is 390 g/mol. The number of imide groups is 1. The fraction of sp³-hybridized carbons (Fsp3) is 0.273. The Morgan fingerprint density at radius 1 is 1.10 bits per heavy atom. The van der Waals surface area contributed by atoms with E-state index < -0.39 is 0 Å². The molecule has 7 heteroatoms. The van der Waals surface area contributed by atoms with E-state index in [0.29, 0.717) is 24.1 Å². The number of nitrogens with zero attached hydrogens (tertiary/aromatic N) is 3. The van der Waals surface area contributed by atoms with Crippen LogP contribution in [0.3, 0.4) is 0 Å². The molecule has 148 valence electrons. The molecular formula is C22H22N4O3. The van der Waals surface area contributed by atoms with Crippen molar-refractivity contribution in [1.82, 2.24) is 19.8 Å². The predicted octanol–water partition coefficient (Wildman–Crippen LogP) is 2.91. The molecule has 2 heterocycles. The number of nitrogens with one attached hydrogen (secondary N) is 1. The Hall–Kier alpha value is -3.48. The van der Waals surface area contributed by atoms with Crippen molar-refractivity contribution in [3.05, 3.63) is 65.0 Å². The van der Waals surface area contributed by atoms with E-state index in [1.165, 1.54) is 4.90 Å². The summed E-state index contributed by atoms with van der Waals surface area (Å²) in [4.78, 5) is 47.9. The molecule has 0 aliphatic carbocycles. The van der Waals surface area contributed by atoms with Crippen LogP contribution < -0.4 is 0 Å². The number of aromatic amines is 1. The Kier molecular flexibility index (Phi) is 4.88. The lowest BCUT2D eigenvalue weighted by Gasteiger charge is -2.17. The Bertz CT molecular complexity index is 1090. The van der Waals surface area contributed by atoms with Gasteiger partial charge in [0.1, 0.15) is 5.82 Å². The van der Waals surface area contributed by atoms with Crippen molar-refractivity contribution in [3.8, 4) is 0 Å². The quantitative estimate of drug-likeness (QED) is 0.656. The first-order chi connectivity index (χ1) is 13.9. The molecule has 0 saturated heterocycles. The highest BCUT2D eigenvalue weighted by Gasteiger charge is 2.35. The number of aryl methyl sites for hydroxylation is 1. The lowest BCUT2D eigenvalue weighted by molar-refractivity contribution is -0.130. The van der Waals surface area contributed by atoms with Gasteiger partial charge in [0.25, 0.3) is 11.8 Å². The highest BCUT2D eigenvalue weighted by Crippen LogP contribution is 2.24. The van der Waals surface area contributed by atoms with Crippen molar-refractivity contribution in [3.63, 3.8) is 0 Å². The first-order valence-corrected chi connectivity index (χ1v) is 9.58. The number of carbonyl (C=O) groups excluding carboxylic acids is 3. The average Bonchev–Trinajstić information content (AvgIpc) is 3.21. The smallest absolute Gasteiger partial charge is 0.261 e. The third kappa shape index (κ3) is 3.63. The second-order valence-corrected chi connectivity index (χ2v) is 7.36. The van der Waals surface area contributed by atoms with Crippen LogP contribution >= 0.6 is 0 Å². The number of imidazole rings is 1. The van der Waals surface area contributed by atoms with E-state index in [-0.39, 0.29) is 30.7 Å². The van der Waals surface area contributed by atoms with Gasteiger partial charge in [-0.3, -0.25) is 19.3 Å². The minimum Gasteiger partial charge on any atom is -0.340 e. The van der Waals surface area contributed by atoms with Crippen molar-refractivity contribution in [2.75, 3.05) is 13.6 Å². The van der Waals surface area contributed by atoms with E-state index >= 15 is 0 Å². The molecule has 0 unspecified atom stereocenters. The molecule has 1 aromatic heterocycles. The highest BCUT2D eigenvalue weighted by atomic mass is 16.2. The SMILES string of the molecule is Cc1ccc2c(c1)C(=O)N(CCCC(=O)N(C)Cc1nc3ccccc3[nH]1)C2=O. The number of para-hydroxylation sites is 2. The molecule has 1 aliphatic rings. The van der Waals surface area contributed by atoms with E-state index in [0.717, 1.165) is 22.4 Å². The fourth-order valence-corrected chi connectivity index (χ4v) is 3.58. The van der Waals surface area contributed by atoms with E-state index in [9.17, 15) is 14.4 Å². The second kappa shape index (κ2) is 7.50. The topological polar surface area (TPSA) is 86.4 Å². The van der Waals surface area contributed by atoms with E-state index in [1.54, 1.807) is 24.1 Å². The standard InChI is InChI=1S/C22H22N4O3/c1-14-9-10-15-16(12-14)22(29)26(21(15)28)11-5-8-20(27)25(2)13-19-23-17-6-3-4-7-18(17)24-19/h3-4,6-7,9-10,12H,5,8,11,13H2,1-2H3,(H,23,24). The largest absolute Gasteiger partial charge is 0.340 e. The lowest BCUT2D eigenvalue weighted by Crippen LogP contribution is -2.32. The molecule has 1 aliphatic heterocycles. The normalized spacial score (nSPS) is 13.2. The molecule has 4 rings (SSSR count). The molecule has 0 atom stereocenters. The number of carbonyl (C=O) groups is 3. The van der Waals surface area contributed by atoms with Crippen molar-refractivity contribution in [2.24, 2.45) is 0 Å². The zero-order valence-corrected chi connectivity index (χ0v) is 16.4. The molecule has 29 heavy (non-hydrogen) atoms. The summed E-state index contributed by atoms with van der Waals surface area (Å²) in [6, 6.07) is 13.0. The van der Waals surface area contributed by atoms with Gasteiger partial charge in [0, 0.05) is 20.0 Å². The molecule has 2 aromatic carbocycles. The number of hydrogen-bond donors (Lipinski definition) is 1. The molecule has 0 radical (unpaired) electrons. The number of rotatable bonds is 6. The Morgan fingerprint density at radius 2 is 1.86 bits per heavy atom. The maximum atomic E-state index is 12.5. The van der Waals surface area contributed by atoms with E-state index in [1.807, 2.05) is 37.3 Å². The molecular weight excluding hydrogens is 368 g/mol. The zero-order chi connectivity index (χ0) is 20.5. The van der Waals surface area contributed by atoms with Crippen molar-refractivity contribution >= 4 is 28.8 Å². The van der Waals surface area contributed by atoms with Gasteiger partial charge in [-0.25, -0.2) is 4.98 Å². The fourth-order valence-electron chi connectivity index (χ4n) is 3.58. The highest BCUT2D eigenvalue weighted by molar-refractivity contribution is 6.21. The van der Waals surface area contributed by atoms with Crippen LogP contribution in [0.15, 0.2) is 42.5 Å². The maximum absolute atomic E-state index is 12.5. The Labute approximate surface area is 168 Å². The van der Waals surface area contributed by atoms with Gasteiger partial charge in [-0.15, -0.1) is 0 Å². The van der Waals surface area contributed by atoms with Crippen LogP contribution in [0, 0.1) is 6.92 Å². The minimum absolute atomic E-state index is 0.0575. The summed E-state index contributed by atoms with van der Waals surface area (Å²) in [5.74, 6) is 0.0977. The van der Waals surface area contributed by atoms with Crippen molar-refractivity contribution in [2.45, 2.75) is 26.3 Å². The molecule has 7 nitrogen and oxygen atoms in total. The summed E-state index contributed by atoms with van der Waals surface area (Å²) >= 11 is 0. The number of amides is 3. The van der Waals surface area contributed by atoms with Gasteiger partial charge in [-0.05, 0) is 37.6 Å². The summed E-state index contributed by atoms with van der Waals surface area (Å²) in [5, 5.41) is 0. The molecule has 3 amide bonds. The average molecular weight is 390 g/mol. The van der Waals surface area contributed by atoms with E-state index in [4.69, 9.17) is 0 Å². The molecule has 0 saturated carbocycles. The number of aromatic nitrogens is 2. The van der Waals surface area contributed by atoms with Crippen LogP contribution in [0.25, 0.3) is 11.0 Å². The summed E-state index contributed by atoms with van der Waals surface area (Å²) in [6.07, 6.45) is 0.677. The molecule has 0 bridgehead atoms. The van der Waals surface area contributed by atoms with Gasteiger partial charge >= 0.3 is 0 Å². The van der Waals surface area contributed by atoms with Gasteiger partial charge in [-0.1, -0.05) is 23.8 Å². The lowest BCUT2D eigenvalue weighted by atomic mass is 10.1. The van der Waals surface area contributed by atoms with Crippen molar-refractivity contribution < 1.29 is 14.4 Å². The number of H-pyrrole nitrogens is 1. The third-order valence-corrected chi connectivity index (χ3v) is 5.15. The number of hydrogen-bond acceptors (Lipinski definition) is 4. The molecule has 1 N–H and O–H groups in total. The maximum Gasteiger partial charge on any atom is 0.261 e. The van der Waals surface area contributed by atoms with Crippen LogP contribution in [-0.4, -0.2) is 51.1 Å².